The molecular weight excluding hydrogens is 298 g/mol. The summed E-state index contributed by atoms with van der Waals surface area (Å²) in [6.07, 6.45) is 3.78. The molecule has 1 amide bonds. The van der Waals surface area contributed by atoms with Gasteiger partial charge in [-0.1, -0.05) is 0 Å². The molecule has 0 N–H and O–H groups in total. The van der Waals surface area contributed by atoms with E-state index in [0.29, 0.717) is 0 Å². The summed E-state index contributed by atoms with van der Waals surface area (Å²) in [5.74, 6) is 0.134. The summed E-state index contributed by atoms with van der Waals surface area (Å²) in [6.45, 7) is 9.14. The molecule has 0 aliphatic carbocycles. The first-order valence-electron chi connectivity index (χ1n) is 7.56. The number of thiazole rings is 1. The zero-order chi connectivity index (χ0) is 15.5. The summed E-state index contributed by atoms with van der Waals surface area (Å²) < 4.78 is 1.95. The fraction of sp³-hybridized carbons (Fsp3) is 0.533. The van der Waals surface area contributed by atoms with Gasteiger partial charge in [0.25, 0.3) is 5.91 Å². The molecule has 0 radical (unpaired) electrons. The van der Waals surface area contributed by atoms with Crippen molar-refractivity contribution < 1.29 is 4.79 Å². The third kappa shape index (κ3) is 3.36. The minimum absolute atomic E-state index is 0.134. The Morgan fingerprint density at radius 3 is 2.59 bits per heavy atom. The number of amides is 1. The number of carbonyl (C=O) groups is 1. The fourth-order valence-corrected chi connectivity index (χ4v) is 3.61. The topological polar surface area (TPSA) is 54.3 Å². The Labute approximate surface area is 134 Å². The molecule has 3 rings (SSSR count). The molecule has 0 spiro atoms. The van der Waals surface area contributed by atoms with Crippen molar-refractivity contribution in [3.63, 3.8) is 0 Å². The molecule has 3 heterocycles. The molecule has 1 aliphatic heterocycles. The minimum atomic E-state index is 0.134. The van der Waals surface area contributed by atoms with Crippen molar-refractivity contribution in [2.75, 3.05) is 32.7 Å². The molecule has 2 aromatic rings. The highest BCUT2D eigenvalue weighted by Crippen LogP contribution is 2.20. The SMILES string of the molecule is Cc1nc(C)c(C(=O)N2CCN(CCn3cccn3)CC2)s1. The molecule has 0 unspecified atom stereocenters. The van der Waals surface area contributed by atoms with Crippen LogP contribution in [0.1, 0.15) is 20.4 Å². The molecule has 0 atom stereocenters. The zero-order valence-electron chi connectivity index (χ0n) is 13.0. The van der Waals surface area contributed by atoms with Gasteiger partial charge in [-0.05, 0) is 19.9 Å². The molecular formula is C15H21N5OS. The van der Waals surface area contributed by atoms with E-state index in [9.17, 15) is 4.79 Å². The Morgan fingerprint density at radius 2 is 2.00 bits per heavy atom. The van der Waals surface area contributed by atoms with Crippen molar-refractivity contribution in [2.45, 2.75) is 20.4 Å². The zero-order valence-corrected chi connectivity index (χ0v) is 13.8. The van der Waals surface area contributed by atoms with Crippen LogP contribution in [0, 0.1) is 13.8 Å². The van der Waals surface area contributed by atoms with E-state index >= 15 is 0 Å². The number of hydrogen-bond acceptors (Lipinski definition) is 5. The molecule has 1 saturated heterocycles. The summed E-state index contributed by atoms with van der Waals surface area (Å²) in [4.78, 5) is 22.0. The fourth-order valence-electron chi connectivity index (χ4n) is 2.72. The summed E-state index contributed by atoms with van der Waals surface area (Å²) in [6, 6.07) is 1.94. The van der Waals surface area contributed by atoms with E-state index in [2.05, 4.69) is 15.0 Å². The monoisotopic (exact) mass is 319 g/mol. The number of hydrogen-bond donors (Lipinski definition) is 0. The summed E-state index contributed by atoms with van der Waals surface area (Å²) in [5.41, 5.74) is 0.855. The van der Waals surface area contributed by atoms with Gasteiger partial charge in [0.15, 0.2) is 0 Å². The van der Waals surface area contributed by atoms with Gasteiger partial charge in [-0.15, -0.1) is 11.3 Å². The Hall–Kier alpha value is -1.73. The molecule has 22 heavy (non-hydrogen) atoms. The van der Waals surface area contributed by atoms with Crippen LogP contribution >= 0.6 is 11.3 Å². The van der Waals surface area contributed by atoms with Gasteiger partial charge >= 0.3 is 0 Å². The number of aryl methyl sites for hydroxylation is 2. The second-order valence-corrected chi connectivity index (χ2v) is 6.75. The third-order valence-corrected chi connectivity index (χ3v) is 5.02. The highest BCUT2D eigenvalue weighted by molar-refractivity contribution is 7.13. The summed E-state index contributed by atoms with van der Waals surface area (Å²) in [5, 5.41) is 5.17. The van der Waals surface area contributed by atoms with E-state index in [0.717, 1.165) is 54.8 Å². The second-order valence-electron chi connectivity index (χ2n) is 5.55. The highest BCUT2D eigenvalue weighted by atomic mass is 32.1. The quantitative estimate of drug-likeness (QED) is 0.855. The second kappa shape index (κ2) is 6.58. The van der Waals surface area contributed by atoms with Crippen LogP contribution in [0.2, 0.25) is 0 Å². The Bertz CT molecular complexity index is 628. The first-order valence-corrected chi connectivity index (χ1v) is 8.38. The number of aromatic nitrogens is 3. The minimum Gasteiger partial charge on any atom is -0.335 e. The van der Waals surface area contributed by atoms with Crippen molar-refractivity contribution in [1.29, 1.82) is 0 Å². The Kier molecular flexibility index (Phi) is 4.54. The van der Waals surface area contributed by atoms with Crippen LogP contribution in [-0.4, -0.2) is 63.2 Å². The summed E-state index contributed by atoms with van der Waals surface area (Å²) in [7, 11) is 0. The van der Waals surface area contributed by atoms with E-state index in [4.69, 9.17) is 0 Å². The van der Waals surface area contributed by atoms with Gasteiger partial charge in [0.1, 0.15) is 4.88 Å². The van der Waals surface area contributed by atoms with Gasteiger partial charge in [-0.2, -0.15) is 5.10 Å². The Balaban J connectivity index is 1.51. The number of piperazine rings is 1. The van der Waals surface area contributed by atoms with Crippen molar-refractivity contribution in [1.82, 2.24) is 24.6 Å². The van der Waals surface area contributed by atoms with Crippen molar-refractivity contribution in [2.24, 2.45) is 0 Å². The van der Waals surface area contributed by atoms with E-state index < -0.39 is 0 Å². The smallest absolute Gasteiger partial charge is 0.265 e. The van der Waals surface area contributed by atoms with E-state index in [1.165, 1.54) is 11.3 Å². The predicted molar refractivity (Wildman–Crippen MR) is 86.2 cm³/mol. The molecule has 0 bridgehead atoms. The standard InChI is InChI=1S/C15H21N5OS/c1-12-14(22-13(2)17-12)15(21)19-9-6-18(7-10-19)8-11-20-5-3-4-16-20/h3-5H,6-11H2,1-2H3. The van der Waals surface area contributed by atoms with Crippen molar-refractivity contribution in [3.8, 4) is 0 Å². The van der Waals surface area contributed by atoms with Crippen molar-refractivity contribution >= 4 is 17.2 Å². The lowest BCUT2D eigenvalue weighted by atomic mass is 10.2. The van der Waals surface area contributed by atoms with Crippen LogP contribution in [0.25, 0.3) is 0 Å². The van der Waals surface area contributed by atoms with Gasteiger partial charge in [-0.25, -0.2) is 4.98 Å². The van der Waals surface area contributed by atoms with Crippen LogP contribution in [0.3, 0.4) is 0 Å². The van der Waals surface area contributed by atoms with Crippen LogP contribution in [0.4, 0.5) is 0 Å². The lowest BCUT2D eigenvalue weighted by Crippen LogP contribution is -2.49. The van der Waals surface area contributed by atoms with E-state index in [1.54, 1.807) is 6.20 Å². The molecule has 1 fully saturated rings. The lowest BCUT2D eigenvalue weighted by molar-refractivity contribution is 0.0636. The molecule has 6 nitrogen and oxygen atoms in total. The number of carbonyl (C=O) groups excluding carboxylic acids is 1. The first kappa shape index (κ1) is 15.2. The van der Waals surface area contributed by atoms with Crippen LogP contribution in [0.15, 0.2) is 18.5 Å². The number of nitrogens with zero attached hydrogens (tertiary/aromatic N) is 5. The van der Waals surface area contributed by atoms with E-state index in [1.807, 2.05) is 35.7 Å². The molecule has 7 heteroatoms. The molecule has 0 saturated carbocycles. The lowest BCUT2D eigenvalue weighted by Gasteiger charge is -2.34. The maximum absolute atomic E-state index is 12.5. The van der Waals surface area contributed by atoms with Crippen LogP contribution < -0.4 is 0 Å². The van der Waals surface area contributed by atoms with Gasteiger partial charge in [-0.3, -0.25) is 14.4 Å². The van der Waals surface area contributed by atoms with Gasteiger partial charge in [0.05, 0.1) is 17.2 Å². The molecule has 0 aromatic carbocycles. The molecule has 118 valence electrons. The van der Waals surface area contributed by atoms with Gasteiger partial charge in [0, 0.05) is 45.1 Å². The average molecular weight is 319 g/mol. The highest BCUT2D eigenvalue weighted by Gasteiger charge is 2.24. The maximum atomic E-state index is 12.5. The summed E-state index contributed by atoms with van der Waals surface area (Å²) >= 11 is 1.50. The average Bonchev–Trinajstić information content (AvgIpc) is 3.14. The largest absolute Gasteiger partial charge is 0.335 e. The van der Waals surface area contributed by atoms with Gasteiger partial charge < -0.3 is 4.90 Å². The van der Waals surface area contributed by atoms with Crippen molar-refractivity contribution in [3.05, 3.63) is 34.0 Å². The van der Waals surface area contributed by atoms with E-state index in [-0.39, 0.29) is 5.91 Å². The van der Waals surface area contributed by atoms with Gasteiger partial charge in [0.2, 0.25) is 0 Å². The van der Waals surface area contributed by atoms with Crippen LogP contribution in [-0.2, 0) is 6.54 Å². The molecule has 2 aromatic heterocycles. The predicted octanol–water partition coefficient (Wildman–Crippen LogP) is 1.41. The van der Waals surface area contributed by atoms with Crippen LogP contribution in [0.5, 0.6) is 0 Å². The molecule has 1 aliphatic rings. The third-order valence-electron chi connectivity index (χ3n) is 3.96. The normalized spacial score (nSPS) is 16.2. The first-order chi connectivity index (χ1) is 10.6. The number of rotatable bonds is 4. The Morgan fingerprint density at radius 1 is 1.23 bits per heavy atom. The maximum Gasteiger partial charge on any atom is 0.265 e.